The van der Waals surface area contributed by atoms with Crippen molar-refractivity contribution in [2.45, 2.75) is 6.92 Å². The summed E-state index contributed by atoms with van der Waals surface area (Å²) in [7, 11) is 3.90. The zero-order valence-corrected chi connectivity index (χ0v) is 13.1. The van der Waals surface area contributed by atoms with Crippen LogP contribution < -0.4 is 5.32 Å². The molecule has 0 aliphatic carbocycles. The van der Waals surface area contributed by atoms with E-state index in [0.29, 0.717) is 23.0 Å². The summed E-state index contributed by atoms with van der Waals surface area (Å²) < 4.78 is 1.60. The van der Waals surface area contributed by atoms with Gasteiger partial charge in [-0.3, -0.25) is 4.79 Å². The summed E-state index contributed by atoms with van der Waals surface area (Å²) >= 11 is 5.97. The molecular formula is C14H18ClN5O. The van der Waals surface area contributed by atoms with Gasteiger partial charge in [-0.05, 0) is 39.2 Å². The maximum absolute atomic E-state index is 12.1. The Kier molecular flexibility index (Phi) is 4.93. The molecule has 1 heterocycles. The van der Waals surface area contributed by atoms with E-state index in [1.165, 1.54) is 0 Å². The van der Waals surface area contributed by atoms with E-state index < -0.39 is 0 Å². The summed E-state index contributed by atoms with van der Waals surface area (Å²) in [6, 6.07) is 7.25. The smallest absolute Gasteiger partial charge is 0.273 e. The van der Waals surface area contributed by atoms with E-state index in [0.717, 1.165) is 12.2 Å². The van der Waals surface area contributed by atoms with E-state index >= 15 is 0 Å². The second-order valence-electron chi connectivity index (χ2n) is 4.97. The van der Waals surface area contributed by atoms with Crippen LogP contribution in [0.15, 0.2) is 24.3 Å². The van der Waals surface area contributed by atoms with Gasteiger partial charge < -0.3 is 10.2 Å². The molecule has 1 amide bonds. The number of carbonyl (C=O) groups is 1. The van der Waals surface area contributed by atoms with Gasteiger partial charge in [0.15, 0.2) is 5.69 Å². The Bertz CT molecular complexity index is 638. The Labute approximate surface area is 128 Å². The lowest BCUT2D eigenvalue weighted by atomic mass is 10.3. The molecule has 0 spiro atoms. The number of hydrogen-bond donors (Lipinski definition) is 1. The zero-order valence-electron chi connectivity index (χ0n) is 12.3. The lowest BCUT2D eigenvalue weighted by Gasteiger charge is -2.09. The van der Waals surface area contributed by atoms with E-state index in [9.17, 15) is 4.79 Å². The Hall–Kier alpha value is -1.92. The molecule has 2 aromatic rings. The first-order valence-corrected chi connectivity index (χ1v) is 6.98. The molecule has 21 heavy (non-hydrogen) atoms. The normalized spacial score (nSPS) is 10.9. The third-order valence-electron chi connectivity index (χ3n) is 3.01. The molecule has 0 saturated heterocycles. The van der Waals surface area contributed by atoms with Gasteiger partial charge in [0.25, 0.3) is 5.91 Å². The second kappa shape index (κ2) is 6.69. The molecule has 0 aliphatic rings. The van der Waals surface area contributed by atoms with E-state index in [-0.39, 0.29) is 5.91 Å². The summed E-state index contributed by atoms with van der Waals surface area (Å²) in [5.74, 6) is -0.220. The van der Waals surface area contributed by atoms with Gasteiger partial charge in [-0.25, -0.2) is 4.68 Å². The molecule has 1 aromatic heterocycles. The van der Waals surface area contributed by atoms with Crippen LogP contribution in [0.1, 0.15) is 16.2 Å². The van der Waals surface area contributed by atoms with Gasteiger partial charge in [0, 0.05) is 18.1 Å². The highest BCUT2D eigenvalue weighted by Gasteiger charge is 2.17. The fraction of sp³-hybridized carbons (Fsp3) is 0.357. The van der Waals surface area contributed by atoms with Gasteiger partial charge in [-0.2, -0.15) is 0 Å². The van der Waals surface area contributed by atoms with Crippen molar-refractivity contribution in [3.05, 3.63) is 40.7 Å². The number of hydrogen-bond acceptors (Lipinski definition) is 4. The molecule has 0 atom stereocenters. The Morgan fingerprint density at radius 1 is 1.43 bits per heavy atom. The largest absolute Gasteiger partial charge is 0.349 e. The standard InChI is InChI=1S/C14H18ClN5O/c1-10-13(14(21)16-7-8-19(2)3)17-18-20(10)12-6-4-5-11(15)9-12/h4-6,9H,7-8H2,1-3H3,(H,16,21). The quantitative estimate of drug-likeness (QED) is 0.910. The van der Waals surface area contributed by atoms with Crippen LogP contribution in [0.25, 0.3) is 5.69 Å². The molecule has 6 nitrogen and oxygen atoms in total. The van der Waals surface area contributed by atoms with Crippen molar-refractivity contribution < 1.29 is 4.79 Å². The monoisotopic (exact) mass is 307 g/mol. The fourth-order valence-corrected chi connectivity index (χ4v) is 2.05. The maximum Gasteiger partial charge on any atom is 0.273 e. The van der Waals surface area contributed by atoms with Crippen molar-refractivity contribution in [1.29, 1.82) is 0 Å². The highest BCUT2D eigenvalue weighted by atomic mass is 35.5. The molecule has 0 radical (unpaired) electrons. The molecule has 0 bridgehead atoms. The summed E-state index contributed by atoms with van der Waals surface area (Å²) in [5, 5.41) is 11.4. The predicted molar refractivity (Wildman–Crippen MR) is 82.0 cm³/mol. The maximum atomic E-state index is 12.1. The van der Waals surface area contributed by atoms with Crippen LogP contribution in [0, 0.1) is 6.92 Å². The summed E-state index contributed by atoms with van der Waals surface area (Å²) in [6.45, 7) is 3.14. The third kappa shape index (κ3) is 3.80. The minimum Gasteiger partial charge on any atom is -0.349 e. The van der Waals surface area contributed by atoms with Crippen LogP contribution in [0.2, 0.25) is 5.02 Å². The lowest BCUT2D eigenvalue weighted by molar-refractivity contribution is 0.0945. The fourth-order valence-electron chi connectivity index (χ4n) is 1.87. The number of aromatic nitrogens is 3. The summed E-state index contributed by atoms with van der Waals surface area (Å²) in [4.78, 5) is 14.1. The molecule has 112 valence electrons. The van der Waals surface area contributed by atoms with Gasteiger partial charge in [0.1, 0.15) is 0 Å². The van der Waals surface area contributed by atoms with Crippen molar-refractivity contribution in [2.75, 3.05) is 27.2 Å². The van der Waals surface area contributed by atoms with Gasteiger partial charge in [-0.15, -0.1) is 5.10 Å². The molecule has 2 rings (SSSR count). The minimum atomic E-state index is -0.220. The van der Waals surface area contributed by atoms with Crippen LogP contribution in [0.4, 0.5) is 0 Å². The van der Waals surface area contributed by atoms with Crippen LogP contribution in [0.3, 0.4) is 0 Å². The van der Waals surface area contributed by atoms with Gasteiger partial charge in [0.05, 0.1) is 11.4 Å². The van der Waals surface area contributed by atoms with Crippen molar-refractivity contribution in [2.24, 2.45) is 0 Å². The average Bonchev–Trinajstić information content (AvgIpc) is 2.80. The zero-order chi connectivity index (χ0) is 15.4. The van der Waals surface area contributed by atoms with Gasteiger partial charge >= 0.3 is 0 Å². The predicted octanol–water partition coefficient (Wildman–Crippen LogP) is 1.52. The first kappa shape index (κ1) is 15.5. The molecular weight excluding hydrogens is 290 g/mol. The Balaban J connectivity index is 2.15. The Morgan fingerprint density at radius 2 is 2.19 bits per heavy atom. The van der Waals surface area contributed by atoms with Crippen molar-refractivity contribution in [3.63, 3.8) is 0 Å². The number of nitrogens with zero attached hydrogens (tertiary/aromatic N) is 4. The number of likely N-dealkylation sites (N-methyl/N-ethyl adjacent to an activating group) is 1. The molecule has 7 heteroatoms. The number of nitrogens with one attached hydrogen (secondary N) is 1. The Morgan fingerprint density at radius 3 is 2.86 bits per heavy atom. The van der Waals surface area contributed by atoms with Crippen LogP contribution >= 0.6 is 11.6 Å². The average molecular weight is 308 g/mol. The highest BCUT2D eigenvalue weighted by molar-refractivity contribution is 6.30. The number of rotatable bonds is 5. The first-order valence-electron chi connectivity index (χ1n) is 6.60. The van der Waals surface area contributed by atoms with Gasteiger partial charge in [0.2, 0.25) is 0 Å². The van der Waals surface area contributed by atoms with Crippen LogP contribution in [0.5, 0.6) is 0 Å². The number of carbonyl (C=O) groups excluding carboxylic acids is 1. The minimum absolute atomic E-state index is 0.220. The van der Waals surface area contributed by atoms with Crippen molar-refractivity contribution in [1.82, 2.24) is 25.2 Å². The van der Waals surface area contributed by atoms with Crippen molar-refractivity contribution >= 4 is 17.5 Å². The van der Waals surface area contributed by atoms with Crippen molar-refractivity contribution in [3.8, 4) is 5.69 Å². The SMILES string of the molecule is Cc1c(C(=O)NCCN(C)C)nnn1-c1cccc(Cl)c1. The number of benzene rings is 1. The van der Waals surface area contributed by atoms with E-state index in [2.05, 4.69) is 15.6 Å². The second-order valence-corrected chi connectivity index (χ2v) is 5.41. The highest BCUT2D eigenvalue weighted by Crippen LogP contribution is 2.16. The molecule has 0 unspecified atom stereocenters. The lowest BCUT2D eigenvalue weighted by Crippen LogP contribution is -2.31. The first-order chi connectivity index (χ1) is 9.99. The van der Waals surface area contributed by atoms with Crippen LogP contribution in [-0.4, -0.2) is 53.0 Å². The van der Waals surface area contributed by atoms with E-state index in [4.69, 9.17) is 11.6 Å². The van der Waals surface area contributed by atoms with E-state index in [1.807, 2.05) is 38.1 Å². The van der Waals surface area contributed by atoms with Gasteiger partial charge in [-0.1, -0.05) is 22.9 Å². The summed E-state index contributed by atoms with van der Waals surface area (Å²) in [6.07, 6.45) is 0. The molecule has 1 aromatic carbocycles. The number of amides is 1. The van der Waals surface area contributed by atoms with Crippen LogP contribution in [-0.2, 0) is 0 Å². The third-order valence-corrected chi connectivity index (χ3v) is 3.24. The molecule has 0 saturated carbocycles. The summed E-state index contributed by atoms with van der Waals surface area (Å²) in [5.41, 5.74) is 1.79. The molecule has 1 N–H and O–H groups in total. The topological polar surface area (TPSA) is 63.1 Å². The van der Waals surface area contributed by atoms with E-state index in [1.54, 1.807) is 16.8 Å². The number of halogens is 1. The molecule has 0 aliphatic heterocycles. The molecule has 0 fully saturated rings.